The molecule has 1 fully saturated rings. The highest BCUT2D eigenvalue weighted by atomic mass is 15.3. The van der Waals surface area contributed by atoms with Crippen molar-refractivity contribution in [3.8, 4) is 0 Å². The van der Waals surface area contributed by atoms with Crippen LogP contribution in [0.5, 0.6) is 0 Å². The zero-order chi connectivity index (χ0) is 16.9. The van der Waals surface area contributed by atoms with Crippen LogP contribution < -0.4 is 16.4 Å². The van der Waals surface area contributed by atoms with E-state index >= 15 is 0 Å². The maximum Gasteiger partial charge on any atom is 0.0672 e. The van der Waals surface area contributed by atoms with Crippen LogP contribution >= 0.6 is 0 Å². The average Bonchev–Trinajstić information content (AvgIpc) is 2.76. The van der Waals surface area contributed by atoms with Crippen molar-refractivity contribution in [1.29, 1.82) is 0 Å². The zero-order valence-corrected chi connectivity index (χ0v) is 14.5. The molecule has 2 aromatic rings. The molecule has 2 aliphatic rings. The van der Waals surface area contributed by atoms with Crippen LogP contribution in [0.2, 0.25) is 0 Å². The molecule has 0 saturated carbocycles. The SMILES string of the molecule is CN1CCN2c3ccccc3Cc3ccccc3C2C1.NCCN. The number of rotatable bonds is 1. The van der Waals surface area contributed by atoms with Gasteiger partial charge in [-0.05, 0) is 36.2 Å². The molecule has 24 heavy (non-hydrogen) atoms. The van der Waals surface area contributed by atoms with Gasteiger partial charge >= 0.3 is 0 Å². The fourth-order valence-corrected chi connectivity index (χ4v) is 3.64. The van der Waals surface area contributed by atoms with Gasteiger partial charge in [-0.15, -0.1) is 0 Å². The van der Waals surface area contributed by atoms with Gasteiger partial charge in [-0.3, -0.25) is 0 Å². The fraction of sp³-hybridized carbons (Fsp3) is 0.400. The number of benzene rings is 2. The van der Waals surface area contributed by atoms with Gasteiger partial charge in [0.15, 0.2) is 0 Å². The van der Waals surface area contributed by atoms with E-state index in [1.54, 1.807) is 0 Å². The van der Waals surface area contributed by atoms with Gasteiger partial charge in [0.05, 0.1) is 6.04 Å². The van der Waals surface area contributed by atoms with E-state index in [1.165, 1.54) is 22.4 Å². The van der Waals surface area contributed by atoms with E-state index in [0.29, 0.717) is 19.1 Å². The topological polar surface area (TPSA) is 58.5 Å². The number of hydrogen-bond acceptors (Lipinski definition) is 4. The van der Waals surface area contributed by atoms with Crippen LogP contribution in [0.1, 0.15) is 22.7 Å². The molecule has 0 spiro atoms. The summed E-state index contributed by atoms with van der Waals surface area (Å²) in [5.41, 5.74) is 15.7. The van der Waals surface area contributed by atoms with E-state index in [4.69, 9.17) is 11.5 Å². The summed E-state index contributed by atoms with van der Waals surface area (Å²) < 4.78 is 0. The lowest BCUT2D eigenvalue weighted by Gasteiger charge is -2.41. The molecule has 2 aromatic carbocycles. The lowest BCUT2D eigenvalue weighted by molar-refractivity contribution is 0.269. The Morgan fingerprint density at radius 2 is 1.58 bits per heavy atom. The molecule has 0 amide bonds. The Hall–Kier alpha value is -1.88. The number of fused-ring (bicyclic) bond motifs is 5. The molecule has 1 saturated heterocycles. The minimum Gasteiger partial charge on any atom is -0.362 e. The van der Waals surface area contributed by atoms with Crippen LogP contribution in [-0.4, -0.2) is 44.7 Å². The Morgan fingerprint density at radius 3 is 2.33 bits per heavy atom. The molecule has 4 N–H and O–H groups in total. The first-order chi connectivity index (χ1) is 11.7. The number of nitrogens with zero attached hydrogens (tertiary/aromatic N) is 2. The van der Waals surface area contributed by atoms with Gasteiger partial charge in [0.25, 0.3) is 0 Å². The van der Waals surface area contributed by atoms with E-state index in [2.05, 4.69) is 65.4 Å². The van der Waals surface area contributed by atoms with Crippen molar-refractivity contribution in [2.24, 2.45) is 11.5 Å². The van der Waals surface area contributed by atoms with Crippen LogP contribution in [0, 0.1) is 0 Å². The minimum atomic E-state index is 0.494. The number of hydrogen-bond donors (Lipinski definition) is 2. The first kappa shape index (κ1) is 17.0. The van der Waals surface area contributed by atoms with Crippen LogP contribution in [0.3, 0.4) is 0 Å². The molecule has 4 heteroatoms. The maximum absolute atomic E-state index is 4.90. The molecule has 4 rings (SSSR count). The van der Waals surface area contributed by atoms with Crippen molar-refractivity contribution in [3.63, 3.8) is 0 Å². The highest BCUT2D eigenvalue weighted by molar-refractivity contribution is 5.60. The summed E-state index contributed by atoms with van der Waals surface area (Å²) in [6, 6.07) is 18.4. The Balaban J connectivity index is 0.000000383. The van der Waals surface area contributed by atoms with E-state index < -0.39 is 0 Å². The highest BCUT2D eigenvalue weighted by Crippen LogP contribution is 2.38. The molecule has 1 unspecified atom stereocenters. The second-order valence-electron chi connectivity index (χ2n) is 6.55. The molecule has 128 valence electrons. The van der Waals surface area contributed by atoms with Gasteiger partial charge in [0.1, 0.15) is 0 Å². The Kier molecular flexibility index (Phi) is 5.51. The van der Waals surface area contributed by atoms with Crippen LogP contribution in [0.15, 0.2) is 48.5 Å². The predicted octanol–water partition coefficient (Wildman–Crippen LogP) is 1.99. The fourth-order valence-electron chi connectivity index (χ4n) is 3.64. The van der Waals surface area contributed by atoms with Crippen molar-refractivity contribution < 1.29 is 0 Å². The standard InChI is InChI=1S/C18H20N2.C2H8N2/c1-19-10-11-20-17-9-5-3-7-15(17)12-14-6-2-4-8-16(14)18(20)13-19;3-1-2-4/h2-9,18H,10-13H2,1H3;1-4H2. The maximum atomic E-state index is 4.90. The Labute approximate surface area is 145 Å². The smallest absolute Gasteiger partial charge is 0.0672 e. The highest BCUT2D eigenvalue weighted by Gasteiger charge is 2.31. The second-order valence-corrected chi connectivity index (χ2v) is 6.55. The monoisotopic (exact) mass is 324 g/mol. The molecule has 1 atom stereocenters. The van der Waals surface area contributed by atoms with E-state index in [0.717, 1.165) is 26.1 Å². The third-order valence-electron chi connectivity index (χ3n) is 4.85. The molecular weight excluding hydrogens is 296 g/mol. The molecule has 2 heterocycles. The number of likely N-dealkylation sites (N-methyl/N-ethyl adjacent to an activating group) is 1. The summed E-state index contributed by atoms with van der Waals surface area (Å²) in [6.45, 7) is 4.57. The first-order valence-electron chi connectivity index (χ1n) is 8.75. The third-order valence-corrected chi connectivity index (χ3v) is 4.85. The van der Waals surface area contributed by atoms with E-state index in [-0.39, 0.29) is 0 Å². The summed E-state index contributed by atoms with van der Waals surface area (Å²) >= 11 is 0. The second kappa shape index (κ2) is 7.79. The largest absolute Gasteiger partial charge is 0.362 e. The summed E-state index contributed by atoms with van der Waals surface area (Å²) in [6.07, 6.45) is 1.06. The van der Waals surface area contributed by atoms with Gasteiger partial charge in [-0.1, -0.05) is 42.5 Å². The van der Waals surface area contributed by atoms with Gasteiger partial charge < -0.3 is 21.3 Å². The van der Waals surface area contributed by atoms with E-state index in [1.807, 2.05) is 0 Å². The van der Waals surface area contributed by atoms with Gasteiger partial charge in [0.2, 0.25) is 0 Å². The van der Waals surface area contributed by atoms with E-state index in [9.17, 15) is 0 Å². The van der Waals surface area contributed by atoms with Gasteiger partial charge in [-0.25, -0.2) is 0 Å². The molecule has 0 aliphatic carbocycles. The first-order valence-corrected chi connectivity index (χ1v) is 8.75. The number of para-hydroxylation sites is 1. The Morgan fingerprint density at radius 1 is 0.917 bits per heavy atom. The molecular formula is C20H28N4. The van der Waals surface area contributed by atoms with Gasteiger partial charge in [0, 0.05) is 38.4 Å². The van der Waals surface area contributed by atoms with Crippen molar-refractivity contribution in [3.05, 3.63) is 65.2 Å². The number of nitrogens with two attached hydrogens (primary N) is 2. The van der Waals surface area contributed by atoms with Crippen molar-refractivity contribution in [2.45, 2.75) is 12.5 Å². The van der Waals surface area contributed by atoms with Crippen molar-refractivity contribution in [2.75, 3.05) is 44.7 Å². The average molecular weight is 324 g/mol. The minimum absolute atomic E-state index is 0.494. The Bertz CT molecular complexity index is 668. The number of anilines is 1. The van der Waals surface area contributed by atoms with Crippen LogP contribution in [-0.2, 0) is 6.42 Å². The summed E-state index contributed by atoms with van der Waals surface area (Å²) in [5, 5.41) is 0. The molecule has 0 bridgehead atoms. The van der Waals surface area contributed by atoms with Crippen molar-refractivity contribution >= 4 is 5.69 Å². The molecule has 2 aliphatic heterocycles. The third kappa shape index (κ3) is 3.46. The number of piperazine rings is 1. The molecule has 4 nitrogen and oxygen atoms in total. The lowest BCUT2D eigenvalue weighted by atomic mass is 9.96. The van der Waals surface area contributed by atoms with Crippen molar-refractivity contribution in [1.82, 2.24) is 4.90 Å². The quantitative estimate of drug-likeness (QED) is 0.842. The normalized spacial score (nSPS) is 19.3. The summed E-state index contributed by atoms with van der Waals surface area (Å²) in [4.78, 5) is 5.06. The predicted molar refractivity (Wildman–Crippen MR) is 101 cm³/mol. The summed E-state index contributed by atoms with van der Waals surface area (Å²) in [5.74, 6) is 0. The molecule has 0 aromatic heterocycles. The van der Waals surface area contributed by atoms with Crippen LogP contribution in [0.4, 0.5) is 5.69 Å². The van der Waals surface area contributed by atoms with Gasteiger partial charge in [-0.2, -0.15) is 0 Å². The zero-order valence-electron chi connectivity index (χ0n) is 14.5. The van der Waals surface area contributed by atoms with Crippen LogP contribution in [0.25, 0.3) is 0 Å². The molecule has 0 radical (unpaired) electrons. The summed E-state index contributed by atoms with van der Waals surface area (Å²) in [7, 11) is 2.23. The lowest BCUT2D eigenvalue weighted by Crippen LogP contribution is -2.46.